The van der Waals surface area contributed by atoms with E-state index in [9.17, 15) is 14.4 Å². The van der Waals surface area contributed by atoms with Crippen LogP contribution in [-0.4, -0.2) is 41.2 Å². The third-order valence-corrected chi connectivity index (χ3v) is 8.28. The lowest BCUT2D eigenvalue weighted by Gasteiger charge is -2.23. The van der Waals surface area contributed by atoms with Gasteiger partial charge < -0.3 is 10.2 Å². The number of para-hydroxylation sites is 1. The molecule has 0 radical (unpaired) electrons. The van der Waals surface area contributed by atoms with Crippen LogP contribution in [0.25, 0.3) is 21.7 Å². The number of thiophene rings is 1. The molecule has 1 aliphatic carbocycles. The van der Waals surface area contributed by atoms with Gasteiger partial charge in [0.15, 0.2) is 5.78 Å². The Labute approximate surface area is 224 Å². The van der Waals surface area contributed by atoms with Crippen molar-refractivity contribution in [1.82, 2.24) is 15.3 Å². The summed E-state index contributed by atoms with van der Waals surface area (Å²) in [5.41, 5.74) is 4.87. The summed E-state index contributed by atoms with van der Waals surface area (Å²) in [6.45, 7) is 0.490. The molecule has 0 unspecified atom stereocenters. The summed E-state index contributed by atoms with van der Waals surface area (Å²) in [6, 6.07) is 18.7. The molecule has 6 rings (SSSR count). The summed E-state index contributed by atoms with van der Waals surface area (Å²) in [6.07, 6.45) is 5.20. The average Bonchev–Trinajstić information content (AvgIpc) is 3.70. The molecule has 0 atom stereocenters. The van der Waals surface area contributed by atoms with Crippen molar-refractivity contribution in [3.8, 4) is 21.7 Å². The smallest absolute Gasteiger partial charge is 0.276 e. The van der Waals surface area contributed by atoms with Crippen molar-refractivity contribution in [2.75, 3.05) is 18.5 Å². The first-order valence-corrected chi connectivity index (χ1v) is 13.6. The average molecular weight is 523 g/mol. The largest absolute Gasteiger partial charge is 0.354 e. The number of hydrogen-bond donors (Lipinski definition) is 1. The fourth-order valence-corrected chi connectivity index (χ4v) is 5.98. The van der Waals surface area contributed by atoms with Gasteiger partial charge >= 0.3 is 0 Å². The number of ketones is 1. The number of aromatic nitrogens is 2. The maximum atomic E-state index is 13.8. The van der Waals surface area contributed by atoms with Crippen LogP contribution in [0, 0.1) is 5.92 Å². The summed E-state index contributed by atoms with van der Waals surface area (Å²) in [4.78, 5) is 51.0. The highest BCUT2D eigenvalue weighted by atomic mass is 32.1. The molecular weight excluding hydrogens is 496 g/mol. The number of fused-ring (bicyclic) bond motifs is 3. The lowest BCUT2D eigenvalue weighted by molar-refractivity contribution is 0.0954. The molecule has 1 aliphatic heterocycles. The van der Waals surface area contributed by atoms with Gasteiger partial charge in [-0.2, -0.15) is 0 Å². The van der Waals surface area contributed by atoms with E-state index in [2.05, 4.69) is 15.3 Å². The van der Waals surface area contributed by atoms with Crippen molar-refractivity contribution in [3.63, 3.8) is 0 Å². The van der Waals surface area contributed by atoms with Gasteiger partial charge in [-0.25, -0.2) is 4.98 Å². The van der Waals surface area contributed by atoms with Crippen molar-refractivity contribution in [3.05, 3.63) is 88.7 Å². The minimum absolute atomic E-state index is 0.186. The zero-order chi connectivity index (χ0) is 26.2. The number of pyridine rings is 2. The SMILES string of the molecule is CNC(=O)c1ccc(-c2cccc(C(=O)N3CCc4cc(C(=O)CC5CC5)sc4-c4ccccc43)n2)cn1. The third kappa shape index (κ3) is 4.63. The van der Waals surface area contributed by atoms with E-state index in [1.807, 2.05) is 36.4 Å². The second kappa shape index (κ2) is 9.95. The quantitative estimate of drug-likeness (QED) is 0.342. The molecule has 0 bridgehead atoms. The van der Waals surface area contributed by atoms with Crippen molar-refractivity contribution in [2.45, 2.75) is 25.7 Å². The predicted octanol–water partition coefficient (Wildman–Crippen LogP) is 5.42. The van der Waals surface area contributed by atoms with E-state index in [0.29, 0.717) is 47.9 Å². The van der Waals surface area contributed by atoms with Crippen LogP contribution in [0.5, 0.6) is 0 Å². The van der Waals surface area contributed by atoms with Crippen LogP contribution < -0.4 is 10.2 Å². The molecule has 190 valence electrons. The zero-order valence-electron chi connectivity index (χ0n) is 20.9. The van der Waals surface area contributed by atoms with E-state index in [0.717, 1.165) is 39.4 Å². The molecule has 7 nitrogen and oxygen atoms in total. The second-order valence-electron chi connectivity index (χ2n) is 9.68. The Morgan fingerprint density at radius 3 is 2.63 bits per heavy atom. The molecule has 1 saturated carbocycles. The Bertz CT molecular complexity index is 1560. The van der Waals surface area contributed by atoms with Crippen LogP contribution in [0.3, 0.4) is 0 Å². The fraction of sp³-hybridized carbons (Fsp3) is 0.233. The van der Waals surface area contributed by atoms with Crippen LogP contribution in [0.15, 0.2) is 66.9 Å². The first-order chi connectivity index (χ1) is 18.5. The zero-order valence-corrected chi connectivity index (χ0v) is 21.8. The van der Waals surface area contributed by atoms with Gasteiger partial charge in [0.05, 0.1) is 16.3 Å². The lowest BCUT2D eigenvalue weighted by atomic mass is 10.1. The van der Waals surface area contributed by atoms with Gasteiger partial charge in [0.25, 0.3) is 11.8 Å². The summed E-state index contributed by atoms with van der Waals surface area (Å²) < 4.78 is 0. The number of nitrogens with zero attached hydrogens (tertiary/aromatic N) is 3. The summed E-state index contributed by atoms with van der Waals surface area (Å²) in [5, 5.41) is 2.55. The van der Waals surface area contributed by atoms with Gasteiger partial charge in [0, 0.05) is 42.2 Å². The number of amides is 2. The molecule has 0 spiro atoms. The fourth-order valence-electron chi connectivity index (χ4n) is 4.79. The molecule has 38 heavy (non-hydrogen) atoms. The van der Waals surface area contributed by atoms with Crippen molar-refractivity contribution in [2.24, 2.45) is 5.92 Å². The number of nitrogens with one attached hydrogen (secondary N) is 1. The van der Waals surface area contributed by atoms with Gasteiger partial charge in [-0.05, 0) is 67.1 Å². The molecule has 2 amide bonds. The number of hydrogen-bond acceptors (Lipinski definition) is 6. The molecular formula is C30H26N4O3S. The van der Waals surface area contributed by atoms with E-state index in [1.54, 1.807) is 53.7 Å². The number of Topliss-reactive ketones (excluding diaryl/α,β-unsaturated/α-hetero) is 1. The summed E-state index contributed by atoms with van der Waals surface area (Å²) in [7, 11) is 1.56. The van der Waals surface area contributed by atoms with Crippen molar-refractivity contribution in [1.29, 1.82) is 0 Å². The number of rotatable bonds is 6. The standard InChI is InChI=1S/C30H26N4O3S/c1-31-29(36)23-12-11-20(17-32-23)22-6-4-7-24(33-22)30(37)34-14-13-19-16-27(26(35)15-18-9-10-18)38-28(19)21-5-2-3-8-25(21)34/h2-8,11-12,16-18H,9-10,13-15H2,1H3,(H,31,36). The van der Waals surface area contributed by atoms with Gasteiger partial charge in [0.2, 0.25) is 0 Å². The van der Waals surface area contributed by atoms with E-state index >= 15 is 0 Å². The topological polar surface area (TPSA) is 92.3 Å². The maximum Gasteiger partial charge on any atom is 0.276 e. The van der Waals surface area contributed by atoms with Gasteiger partial charge in [-0.3, -0.25) is 19.4 Å². The van der Waals surface area contributed by atoms with Crippen LogP contribution in [-0.2, 0) is 6.42 Å². The minimum Gasteiger partial charge on any atom is -0.354 e. The molecule has 4 heterocycles. The Morgan fingerprint density at radius 1 is 1.03 bits per heavy atom. The Hall–Kier alpha value is -4.17. The highest BCUT2D eigenvalue weighted by Crippen LogP contribution is 2.43. The van der Waals surface area contributed by atoms with Crippen LogP contribution in [0.1, 0.15) is 55.5 Å². The normalized spacial score (nSPS) is 14.3. The first-order valence-electron chi connectivity index (χ1n) is 12.7. The van der Waals surface area contributed by atoms with E-state index in [4.69, 9.17) is 0 Å². The Kier molecular flexibility index (Phi) is 6.33. The monoisotopic (exact) mass is 522 g/mol. The number of carbonyl (C=O) groups excluding carboxylic acids is 3. The van der Waals surface area contributed by atoms with Crippen LogP contribution in [0.2, 0.25) is 0 Å². The number of benzene rings is 1. The molecule has 1 aromatic carbocycles. The third-order valence-electron chi connectivity index (χ3n) is 7.03. The van der Waals surface area contributed by atoms with E-state index < -0.39 is 0 Å². The molecule has 3 aromatic heterocycles. The first kappa shape index (κ1) is 24.2. The van der Waals surface area contributed by atoms with Crippen molar-refractivity contribution >= 4 is 34.6 Å². The molecule has 8 heteroatoms. The van der Waals surface area contributed by atoms with Gasteiger partial charge in [0.1, 0.15) is 11.4 Å². The highest BCUT2D eigenvalue weighted by Gasteiger charge is 2.30. The number of carbonyl (C=O) groups is 3. The maximum absolute atomic E-state index is 13.8. The Balaban J connectivity index is 1.30. The summed E-state index contributed by atoms with van der Waals surface area (Å²) >= 11 is 1.54. The highest BCUT2D eigenvalue weighted by molar-refractivity contribution is 7.17. The van der Waals surface area contributed by atoms with E-state index in [1.165, 1.54) is 0 Å². The number of anilines is 1. The lowest BCUT2D eigenvalue weighted by Crippen LogP contribution is -2.33. The van der Waals surface area contributed by atoms with Crippen LogP contribution in [0.4, 0.5) is 5.69 Å². The molecule has 1 N–H and O–H groups in total. The summed E-state index contributed by atoms with van der Waals surface area (Å²) in [5.74, 6) is 0.336. The van der Waals surface area contributed by atoms with Crippen molar-refractivity contribution < 1.29 is 14.4 Å². The van der Waals surface area contributed by atoms with Gasteiger partial charge in [-0.1, -0.05) is 24.3 Å². The molecule has 0 saturated heterocycles. The molecule has 1 fully saturated rings. The molecule has 2 aliphatic rings. The van der Waals surface area contributed by atoms with Crippen LogP contribution >= 0.6 is 11.3 Å². The van der Waals surface area contributed by atoms with E-state index in [-0.39, 0.29) is 17.6 Å². The predicted molar refractivity (Wildman–Crippen MR) is 148 cm³/mol. The molecule has 4 aromatic rings. The minimum atomic E-state index is -0.263. The Morgan fingerprint density at radius 2 is 1.87 bits per heavy atom. The van der Waals surface area contributed by atoms with Gasteiger partial charge in [-0.15, -0.1) is 11.3 Å². The second-order valence-corrected chi connectivity index (χ2v) is 10.7.